The van der Waals surface area contributed by atoms with Gasteiger partial charge in [0.05, 0.1) is 4.92 Å². The van der Waals surface area contributed by atoms with Gasteiger partial charge in [-0.1, -0.05) is 15.9 Å². The quantitative estimate of drug-likeness (QED) is 0.477. The fourth-order valence-electron chi connectivity index (χ4n) is 1.51. The van der Waals surface area contributed by atoms with E-state index in [2.05, 4.69) is 15.9 Å². The molecule has 20 heavy (non-hydrogen) atoms. The van der Waals surface area contributed by atoms with Crippen LogP contribution in [0.25, 0.3) is 0 Å². The summed E-state index contributed by atoms with van der Waals surface area (Å²) in [6.45, 7) is 0. The first-order valence-corrected chi connectivity index (χ1v) is 6.17. The van der Waals surface area contributed by atoms with Crippen LogP contribution in [-0.2, 0) is 0 Å². The van der Waals surface area contributed by atoms with Crippen molar-refractivity contribution in [3.05, 3.63) is 62.4 Å². The molecule has 0 aliphatic heterocycles. The molecule has 102 valence electrons. The number of nitro groups is 1. The van der Waals surface area contributed by atoms with E-state index in [-0.39, 0.29) is 22.7 Å². The Balaban J connectivity index is 2.39. The van der Waals surface area contributed by atoms with Crippen molar-refractivity contribution in [1.29, 1.82) is 0 Å². The van der Waals surface area contributed by atoms with Crippen LogP contribution in [0.2, 0.25) is 0 Å². The summed E-state index contributed by atoms with van der Waals surface area (Å²) in [6, 6.07) is 7.75. The van der Waals surface area contributed by atoms with Gasteiger partial charge in [0, 0.05) is 16.1 Å². The number of halogens is 2. The zero-order valence-corrected chi connectivity index (χ0v) is 11.5. The molecule has 2 aromatic carbocycles. The summed E-state index contributed by atoms with van der Waals surface area (Å²) in [5.41, 5.74) is -0.140. The Bertz CT molecular complexity index is 690. The van der Waals surface area contributed by atoms with Crippen LogP contribution in [0.1, 0.15) is 10.4 Å². The summed E-state index contributed by atoms with van der Waals surface area (Å²) < 4.78 is 19.4. The fourth-order valence-corrected chi connectivity index (χ4v) is 1.86. The van der Waals surface area contributed by atoms with Crippen molar-refractivity contribution in [3.63, 3.8) is 0 Å². The molecule has 0 amide bonds. The highest BCUT2D eigenvalue weighted by Gasteiger charge is 2.17. The topological polar surface area (TPSA) is 69.4 Å². The molecule has 5 nitrogen and oxygen atoms in total. The Hall–Kier alpha value is -2.28. The van der Waals surface area contributed by atoms with Gasteiger partial charge in [-0.25, -0.2) is 4.39 Å². The number of aldehydes is 1. The highest BCUT2D eigenvalue weighted by Crippen LogP contribution is 2.34. The zero-order chi connectivity index (χ0) is 14.7. The third kappa shape index (κ3) is 3.00. The number of nitrogens with zero attached hydrogens (tertiary/aromatic N) is 1. The standard InChI is InChI=1S/C13H7BrFNO4/c14-9-2-4-13(11(6-9)16(18)19)20-12-3-1-8(7-17)5-10(12)15/h1-7H. The Morgan fingerprint density at radius 2 is 1.90 bits per heavy atom. The minimum atomic E-state index is -0.771. The van der Waals surface area contributed by atoms with Crippen LogP contribution in [0.3, 0.4) is 0 Å². The van der Waals surface area contributed by atoms with Crippen LogP contribution in [0.15, 0.2) is 40.9 Å². The van der Waals surface area contributed by atoms with Gasteiger partial charge in [-0.2, -0.15) is 0 Å². The first-order valence-electron chi connectivity index (χ1n) is 5.38. The maximum absolute atomic E-state index is 13.7. The SMILES string of the molecule is O=Cc1ccc(Oc2ccc(Br)cc2[N+](=O)[O-])c(F)c1. The molecule has 2 aromatic rings. The molecular formula is C13H7BrFNO4. The second-order valence-corrected chi connectivity index (χ2v) is 4.69. The zero-order valence-electron chi connectivity index (χ0n) is 9.88. The van der Waals surface area contributed by atoms with Gasteiger partial charge in [-0.3, -0.25) is 14.9 Å². The molecule has 0 spiro atoms. The lowest BCUT2D eigenvalue weighted by Crippen LogP contribution is -1.95. The second-order valence-electron chi connectivity index (χ2n) is 3.78. The van der Waals surface area contributed by atoms with E-state index >= 15 is 0 Å². The Kier molecular flexibility index (Phi) is 4.09. The van der Waals surface area contributed by atoms with Crippen LogP contribution in [0, 0.1) is 15.9 Å². The second kappa shape index (κ2) is 5.79. The number of hydrogen-bond acceptors (Lipinski definition) is 4. The first kappa shape index (κ1) is 14.1. The molecule has 0 bridgehead atoms. The summed E-state index contributed by atoms with van der Waals surface area (Å²) in [4.78, 5) is 20.8. The molecular weight excluding hydrogens is 333 g/mol. The normalized spacial score (nSPS) is 10.1. The van der Waals surface area contributed by atoms with E-state index in [0.29, 0.717) is 10.8 Å². The van der Waals surface area contributed by atoms with E-state index in [0.717, 1.165) is 6.07 Å². The highest BCUT2D eigenvalue weighted by atomic mass is 79.9. The van der Waals surface area contributed by atoms with E-state index in [9.17, 15) is 19.3 Å². The monoisotopic (exact) mass is 339 g/mol. The van der Waals surface area contributed by atoms with Crippen molar-refractivity contribution in [2.45, 2.75) is 0 Å². The molecule has 0 aliphatic rings. The lowest BCUT2D eigenvalue weighted by atomic mass is 10.2. The summed E-state index contributed by atoms with van der Waals surface area (Å²) in [7, 11) is 0. The molecule has 0 atom stereocenters. The van der Waals surface area contributed by atoms with Crippen molar-refractivity contribution in [2.24, 2.45) is 0 Å². The average molecular weight is 340 g/mol. The molecule has 0 radical (unpaired) electrons. The first-order chi connectivity index (χ1) is 9.51. The minimum absolute atomic E-state index is 0.0871. The fraction of sp³-hybridized carbons (Fsp3) is 0. The predicted molar refractivity (Wildman–Crippen MR) is 72.7 cm³/mol. The van der Waals surface area contributed by atoms with E-state index in [1.165, 1.54) is 24.3 Å². The maximum atomic E-state index is 13.7. The van der Waals surface area contributed by atoms with Gasteiger partial charge >= 0.3 is 5.69 Å². The average Bonchev–Trinajstić information content (AvgIpc) is 2.42. The third-order valence-corrected chi connectivity index (χ3v) is 2.92. The molecule has 2 rings (SSSR count). The number of carbonyl (C=O) groups is 1. The van der Waals surface area contributed by atoms with Crippen LogP contribution in [0.4, 0.5) is 10.1 Å². The summed E-state index contributed by atoms with van der Waals surface area (Å²) in [6.07, 6.45) is 0.495. The van der Waals surface area contributed by atoms with Crippen molar-refractivity contribution in [3.8, 4) is 11.5 Å². The van der Waals surface area contributed by atoms with Crippen molar-refractivity contribution in [1.82, 2.24) is 0 Å². The van der Waals surface area contributed by atoms with E-state index < -0.39 is 10.7 Å². The summed E-state index contributed by atoms with van der Waals surface area (Å²) >= 11 is 3.11. The largest absolute Gasteiger partial charge is 0.447 e. The molecule has 0 saturated carbocycles. The highest BCUT2D eigenvalue weighted by molar-refractivity contribution is 9.10. The van der Waals surface area contributed by atoms with E-state index in [1.54, 1.807) is 6.07 Å². The predicted octanol–water partition coefficient (Wildman–Crippen LogP) is 4.10. The smallest absolute Gasteiger partial charge is 0.312 e. The van der Waals surface area contributed by atoms with Crippen LogP contribution in [-0.4, -0.2) is 11.2 Å². The van der Waals surface area contributed by atoms with E-state index in [1.807, 2.05) is 0 Å². The number of rotatable bonds is 4. The van der Waals surface area contributed by atoms with Crippen molar-refractivity contribution in [2.75, 3.05) is 0 Å². The third-order valence-electron chi connectivity index (χ3n) is 2.43. The molecule has 7 heteroatoms. The van der Waals surface area contributed by atoms with Gasteiger partial charge in [0.15, 0.2) is 11.6 Å². The number of carbonyl (C=O) groups excluding carboxylic acids is 1. The molecule has 0 fully saturated rings. The Morgan fingerprint density at radius 1 is 1.20 bits per heavy atom. The van der Waals surface area contributed by atoms with Gasteiger partial charge in [-0.15, -0.1) is 0 Å². The number of nitro benzene ring substituents is 1. The summed E-state index contributed by atoms with van der Waals surface area (Å²) in [5, 5.41) is 10.9. The molecule has 0 unspecified atom stereocenters. The minimum Gasteiger partial charge on any atom is -0.447 e. The Labute approximate surface area is 121 Å². The van der Waals surface area contributed by atoms with E-state index in [4.69, 9.17) is 4.74 Å². The number of hydrogen-bond donors (Lipinski definition) is 0. The molecule has 0 saturated heterocycles. The van der Waals surface area contributed by atoms with Gasteiger partial charge in [0.25, 0.3) is 0 Å². The molecule has 0 aromatic heterocycles. The lowest BCUT2D eigenvalue weighted by Gasteiger charge is -2.07. The Morgan fingerprint density at radius 3 is 2.50 bits per heavy atom. The number of benzene rings is 2. The summed E-state index contributed by atoms with van der Waals surface area (Å²) in [5.74, 6) is -1.05. The van der Waals surface area contributed by atoms with Gasteiger partial charge in [-0.05, 0) is 30.3 Å². The van der Waals surface area contributed by atoms with Gasteiger partial charge in [0.1, 0.15) is 6.29 Å². The van der Waals surface area contributed by atoms with Crippen molar-refractivity contribution >= 4 is 27.9 Å². The molecule has 0 heterocycles. The lowest BCUT2D eigenvalue weighted by molar-refractivity contribution is -0.385. The van der Waals surface area contributed by atoms with Gasteiger partial charge in [0.2, 0.25) is 5.75 Å². The maximum Gasteiger partial charge on any atom is 0.312 e. The van der Waals surface area contributed by atoms with Crippen LogP contribution in [0.5, 0.6) is 11.5 Å². The number of ether oxygens (including phenoxy) is 1. The van der Waals surface area contributed by atoms with Crippen molar-refractivity contribution < 1.29 is 18.8 Å². The van der Waals surface area contributed by atoms with Crippen LogP contribution >= 0.6 is 15.9 Å². The van der Waals surface area contributed by atoms with Gasteiger partial charge < -0.3 is 4.74 Å². The van der Waals surface area contributed by atoms with Crippen LogP contribution < -0.4 is 4.74 Å². The molecule has 0 N–H and O–H groups in total. The molecule has 0 aliphatic carbocycles.